The van der Waals surface area contributed by atoms with Gasteiger partial charge in [-0.2, -0.15) is 0 Å². The van der Waals surface area contributed by atoms with Crippen molar-refractivity contribution in [2.24, 2.45) is 5.92 Å². The molecule has 0 atom stereocenters. The van der Waals surface area contributed by atoms with Gasteiger partial charge < -0.3 is 26.6 Å². The summed E-state index contributed by atoms with van der Waals surface area (Å²) in [5.41, 5.74) is 10.4. The number of nitrogens with one attached hydrogen (secondary N) is 3. The molecule has 5 rings (SSSR count). The van der Waals surface area contributed by atoms with Gasteiger partial charge in [0.1, 0.15) is 5.82 Å². The third kappa shape index (κ3) is 8.26. The van der Waals surface area contributed by atoms with Crippen LogP contribution in [0.1, 0.15) is 44.1 Å². The maximum absolute atomic E-state index is 14.8. The number of halogens is 1. The summed E-state index contributed by atoms with van der Waals surface area (Å²) in [6.07, 6.45) is 7.97. The van der Waals surface area contributed by atoms with Gasteiger partial charge in [0.05, 0.1) is 22.0 Å². The monoisotopic (exact) mass is 602 g/mol. The largest absolute Gasteiger partial charge is 0.383 e. The zero-order chi connectivity index (χ0) is 30.2. The Balaban J connectivity index is 1.28. The Morgan fingerprint density at radius 1 is 1.09 bits per heavy atom. The fraction of sp³-hybridized carbons (Fsp3) is 0.375. The second-order valence-electron chi connectivity index (χ2n) is 11.2. The second kappa shape index (κ2) is 14.4. The van der Waals surface area contributed by atoms with Crippen molar-refractivity contribution in [2.75, 3.05) is 43.6 Å². The van der Waals surface area contributed by atoms with E-state index in [-0.39, 0.29) is 17.6 Å². The summed E-state index contributed by atoms with van der Waals surface area (Å²) in [4.78, 5) is 29.2. The van der Waals surface area contributed by atoms with Gasteiger partial charge in [0, 0.05) is 36.5 Å². The van der Waals surface area contributed by atoms with Crippen LogP contribution in [0.4, 0.5) is 26.8 Å². The van der Waals surface area contributed by atoms with Crippen LogP contribution < -0.4 is 21.7 Å². The van der Waals surface area contributed by atoms with Crippen LogP contribution >= 0.6 is 11.3 Å². The number of benzene rings is 2. The molecule has 1 aliphatic carbocycles. The summed E-state index contributed by atoms with van der Waals surface area (Å²) >= 11 is 1.34. The van der Waals surface area contributed by atoms with Gasteiger partial charge >= 0.3 is 0 Å². The van der Waals surface area contributed by atoms with Crippen molar-refractivity contribution in [2.45, 2.75) is 45.1 Å². The molecular formula is C32H39FN8OS. The molecule has 226 valence electrons. The Morgan fingerprint density at radius 3 is 2.72 bits per heavy atom. The highest BCUT2D eigenvalue weighted by molar-refractivity contribution is 7.19. The first-order chi connectivity index (χ1) is 20.9. The number of aromatic nitrogens is 3. The summed E-state index contributed by atoms with van der Waals surface area (Å²) in [6.45, 7) is 2.07. The number of nitrogens with zero attached hydrogens (tertiary/aromatic N) is 4. The van der Waals surface area contributed by atoms with Crippen LogP contribution in [-0.2, 0) is 11.3 Å². The van der Waals surface area contributed by atoms with E-state index in [4.69, 9.17) is 10.7 Å². The molecule has 0 radical (unpaired) electrons. The molecule has 2 aromatic heterocycles. The number of amides is 1. The molecule has 9 nitrogen and oxygen atoms in total. The molecule has 2 aromatic carbocycles. The number of hydrogen-bond acceptors (Lipinski definition) is 9. The lowest BCUT2D eigenvalue weighted by molar-refractivity contribution is -0.126. The molecule has 1 saturated carbocycles. The number of carbonyl (C=O) groups is 1. The number of rotatable bonds is 12. The predicted molar refractivity (Wildman–Crippen MR) is 173 cm³/mol. The van der Waals surface area contributed by atoms with Gasteiger partial charge in [-0.3, -0.25) is 4.79 Å². The maximum Gasteiger partial charge on any atom is 0.227 e. The molecule has 1 amide bonds. The lowest BCUT2D eigenvalue weighted by atomic mass is 9.88. The standard InChI is InChI=1S/C32H39FN8OS/c1-41(2)17-7-15-35-26-13-12-24(19-25(26)33)38-32-36-16-14-27(39-32)29-28(40-31(34)43-29)23-11-6-8-21(18-23)20-37-30(42)22-9-4-3-5-10-22/h6,8,11-14,16,18-19,22,35H,3-5,7,9-10,15,17,20H2,1-2H3,(H2,34,40)(H,37,42)(H,36,38,39). The zero-order valence-electron chi connectivity index (χ0n) is 24.7. The van der Waals surface area contributed by atoms with Crippen LogP contribution in [0.5, 0.6) is 0 Å². The molecule has 4 aromatic rings. The predicted octanol–water partition coefficient (Wildman–Crippen LogP) is 6.29. The highest BCUT2D eigenvalue weighted by atomic mass is 32.1. The summed E-state index contributed by atoms with van der Waals surface area (Å²) in [7, 11) is 4.03. The Labute approximate surface area is 256 Å². The number of thiazole rings is 1. The fourth-order valence-electron chi connectivity index (χ4n) is 5.26. The van der Waals surface area contributed by atoms with E-state index in [0.29, 0.717) is 46.9 Å². The van der Waals surface area contributed by atoms with E-state index in [1.54, 1.807) is 24.4 Å². The smallest absolute Gasteiger partial charge is 0.227 e. The molecular weight excluding hydrogens is 563 g/mol. The molecule has 0 aliphatic heterocycles. The van der Waals surface area contributed by atoms with E-state index in [2.05, 4.69) is 30.8 Å². The SMILES string of the molecule is CN(C)CCCNc1ccc(Nc2nccc(-c3sc(N)nc3-c3cccc(CNC(=O)C4CCCCC4)c3)n2)cc1F. The van der Waals surface area contributed by atoms with Gasteiger partial charge in [-0.25, -0.2) is 19.3 Å². The number of nitrogens with two attached hydrogens (primary N) is 1. The van der Waals surface area contributed by atoms with Crippen molar-refractivity contribution in [1.29, 1.82) is 0 Å². The Bertz CT molecular complexity index is 1540. The minimum atomic E-state index is -0.349. The van der Waals surface area contributed by atoms with Crippen LogP contribution in [0, 0.1) is 11.7 Å². The number of carbonyl (C=O) groups excluding carboxylic acids is 1. The van der Waals surface area contributed by atoms with E-state index >= 15 is 0 Å². The topological polar surface area (TPSA) is 121 Å². The molecule has 1 aliphatic rings. The quantitative estimate of drug-likeness (QED) is 0.140. The minimum Gasteiger partial charge on any atom is -0.383 e. The highest BCUT2D eigenvalue weighted by Gasteiger charge is 2.21. The zero-order valence-corrected chi connectivity index (χ0v) is 25.5. The molecule has 0 unspecified atom stereocenters. The Morgan fingerprint density at radius 2 is 1.93 bits per heavy atom. The van der Waals surface area contributed by atoms with Crippen molar-refractivity contribution in [3.63, 3.8) is 0 Å². The molecule has 5 N–H and O–H groups in total. The molecule has 11 heteroatoms. The lowest BCUT2D eigenvalue weighted by Gasteiger charge is -2.20. The molecule has 0 saturated heterocycles. The van der Waals surface area contributed by atoms with Crippen molar-refractivity contribution >= 4 is 39.7 Å². The normalized spacial score (nSPS) is 13.7. The summed E-state index contributed by atoms with van der Waals surface area (Å²) in [6, 6.07) is 14.7. The molecule has 43 heavy (non-hydrogen) atoms. The van der Waals surface area contributed by atoms with Gasteiger partial charge in [-0.05, 0) is 75.8 Å². The van der Waals surface area contributed by atoms with E-state index in [1.165, 1.54) is 23.8 Å². The second-order valence-corrected chi connectivity index (χ2v) is 12.2. The first-order valence-electron chi connectivity index (χ1n) is 14.8. The number of hydrogen-bond donors (Lipinski definition) is 4. The van der Waals surface area contributed by atoms with Gasteiger partial charge in [0.25, 0.3) is 0 Å². The summed E-state index contributed by atoms with van der Waals surface area (Å²) < 4.78 is 14.8. The van der Waals surface area contributed by atoms with Gasteiger partial charge in [-0.15, -0.1) is 0 Å². The maximum atomic E-state index is 14.8. The first kappa shape index (κ1) is 30.4. The lowest BCUT2D eigenvalue weighted by Crippen LogP contribution is -2.31. The van der Waals surface area contributed by atoms with E-state index < -0.39 is 0 Å². The Hall–Kier alpha value is -4.09. The third-order valence-corrected chi connectivity index (χ3v) is 8.40. The van der Waals surface area contributed by atoms with Crippen LogP contribution in [0.25, 0.3) is 21.8 Å². The minimum absolute atomic E-state index is 0.117. The van der Waals surface area contributed by atoms with Gasteiger partial charge in [-0.1, -0.05) is 48.8 Å². The van der Waals surface area contributed by atoms with E-state index in [0.717, 1.165) is 54.7 Å². The first-order valence-corrected chi connectivity index (χ1v) is 15.6. The molecule has 0 bridgehead atoms. The Kier molecular flexibility index (Phi) is 10.2. The van der Waals surface area contributed by atoms with Crippen molar-refractivity contribution in [3.05, 3.63) is 66.1 Å². The molecule has 0 spiro atoms. The molecule has 2 heterocycles. The van der Waals surface area contributed by atoms with Crippen LogP contribution in [0.15, 0.2) is 54.7 Å². The van der Waals surface area contributed by atoms with E-state index in [9.17, 15) is 9.18 Å². The van der Waals surface area contributed by atoms with Crippen molar-refractivity contribution in [1.82, 2.24) is 25.2 Å². The summed E-state index contributed by atoms with van der Waals surface area (Å²) in [5.74, 6) is 0.237. The fourth-order valence-corrected chi connectivity index (χ4v) is 6.09. The number of anilines is 4. The van der Waals surface area contributed by atoms with Gasteiger partial charge in [0.2, 0.25) is 11.9 Å². The average molecular weight is 603 g/mol. The van der Waals surface area contributed by atoms with Crippen LogP contribution in [0.3, 0.4) is 0 Å². The molecule has 1 fully saturated rings. The third-order valence-electron chi connectivity index (χ3n) is 7.50. The highest BCUT2D eigenvalue weighted by Crippen LogP contribution is 2.37. The van der Waals surface area contributed by atoms with E-state index in [1.807, 2.05) is 38.4 Å². The average Bonchev–Trinajstić information content (AvgIpc) is 3.41. The summed E-state index contributed by atoms with van der Waals surface area (Å²) in [5, 5.41) is 9.79. The van der Waals surface area contributed by atoms with Crippen molar-refractivity contribution in [3.8, 4) is 21.8 Å². The van der Waals surface area contributed by atoms with Crippen LogP contribution in [-0.4, -0.2) is 52.9 Å². The van der Waals surface area contributed by atoms with Crippen molar-refractivity contribution < 1.29 is 9.18 Å². The number of nitrogen functional groups attached to an aromatic ring is 1. The van der Waals surface area contributed by atoms with Crippen LogP contribution in [0.2, 0.25) is 0 Å². The van der Waals surface area contributed by atoms with Gasteiger partial charge in [0.15, 0.2) is 5.13 Å².